The van der Waals surface area contributed by atoms with Gasteiger partial charge in [0.25, 0.3) is 5.91 Å². The maximum absolute atomic E-state index is 13.0. The second kappa shape index (κ2) is 8.71. The third-order valence-corrected chi connectivity index (χ3v) is 6.12. The van der Waals surface area contributed by atoms with E-state index in [2.05, 4.69) is 39.1 Å². The van der Waals surface area contributed by atoms with E-state index in [1.165, 1.54) is 17.0 Å². The van der Waals surface area contributed by atoms with Crippen molar-refractivity contribution in [1.29, 1.82) is 0 Å². The van der Waals surface area contributed by atoms with Crippen molar-refractivity contribution in [1.82, 2.24) is 14.9 Å². The number of thiazole rings is 1. The molecule has 29 heavy (non-hydrogen) atoms. The van der Waals surface area contributed by atoms with E-state index >= 15 is 0 Å². The molecule has 3 aromatic rings. The fourth-order valence-corrected chi connectivity index (χ4v) is 4.38. The lowest BCUT2D eigenvalue weighted by Crippen LogP contribution is -2.36. The number of carbonyl (C=O) groups is 1. The van der Waals surface area contributed by atoms with Crippen LogP contribution < -0.4 is 4.90 Å². The van der Waals surface area contributed by atoms with Gasteiger partial charge in [-0.2, -0.15) is 0 Å². The van der Waals surface area contributed by atoms with Gasteiger partial charge in [-0.3, -0.25) is 9.78 Å². The minimum Gasteiger partial charge on any atom is -0.378 e. The van der Waals surface area contributed by atoms with Gasteiger partial charge in [0.15, 0.2) is 0 Å². The van der Waals surface area contributed by atoms with Gasteiger partial charge in [-0.1, -0.05) is 18.2 Å². The van der Waals surface area contributed by atoms with Crippen LogP contribution in [0.5, 0.6) is 0 Å². The first-order valence-electron chi connectivity index (χ1n) is 9.68. The molecule has 0 aliphatic carbocycles. The van der Waals surface area contributed by atoms with Crippen molar-refractivity contribution in [2.45, 2.75) is 13.5 Å². The third-order valence-electron chi connectivity index (χ3n) is 4.95. The Bertz CT molecular complexity index is 966. The number of carbonyl (C=O) groups excluding carboxylic acids is 1. The minimum absolute atomic E-state index is 0.0144. The molecule has 6 nitrogen and oxygen atoms in total. The molecular weight excluding hydrogens is 384 g/mol. The van der Waals surface area contributed by atoms with E-state index in [1.54, 1.807) is 11.1 Å². The first-order chi connectivity index (χ1) is 14.1. The zero-order chi connectivity index (χ0) is 20.2. The summed E-state index contributed by atoms with van der Waals surface area (Å²) >= 11 is 1.40. The number of morpholine rings is 1. The summed E-state index contributed by atoms with van der Waals surface area (Å²) in [6.07, 6.45) is 1.74. The van der Waals surface area contributed by atoms with Crippen LogP contribution in [0.15, 0.2) is 48.7 Å². The summed E-state index contributed by atoms with van der Waals surface area (Å²) < 4.78 is 5.41. The first kappa shape index (κ1) is 19.5. The highest BCUT2D eigenvalue weighted by atomic mass is 32.1. The molecule has 0 unspecified atom stereocenters. The van der Waals surface area contributed by atoms with Gasteiger partial charge in [0, 0.05) is 38.6 Å². The highest BCUT2D eigenvalue weighted by molar-refractivity contribution is 7.17. The Morgan fingerprint density at radius 1 is 1.17 bits per heavy atom. The van der Waals surface area contributed by atoms with Crippen LogP contribution >= 0.6 is 11.3 Å². The second-order valence-corrected chi connectivity index (χ2v) is 8.07. The molecule has 0 radical (unpaired) electrons. The molecular formula is C22H24N4O2S. The van der Waals surface area contributed by atoms with Crippen molar-refractivity contribution in [3.05, 3.63) is 64.8 Å². The van der Waals surface area contributed by atoms with Gasteiger partial charge in [0.05, 0.1) is 24.6 Å². The van der Waals surface area contributed by atoms with E-state index in [0.717, 1.165) is 48.3 Å². The average Bonchev–Trinajstić information content (AvgIpc) is 3.16. The Labute approximate surface area is 174 Å². The zero-order valence-electron chi connectivity index (χ0n) is 16.7. The molecule has 4 rings (SSSR count). The topological polar surface area (TPSA) is 58.6 Å². The molecule has 1 aliphatic heterocycles. The van der Waals surface area contributed by atoms with Crippen LogP contribution in [0, 0.1) is 6.92 Å². The summed E-state index contributed by atoms with van der Waals surface area (Å²) in [5.74, 6) is -0.0144. The number of rotatable bonds is 5. The van der Waals surface area contributed by atoms with Crippen molar-refractivity contribution in [3.63, 3.8) is 0 Å². The predicted molar refractivity (Wildman–Crippen MR) is 115 cm³/mol. The maximum atomic E-state index is 13.0. The summed E-state index contributed by atoms with van der Waals surface area (Å²) in [4.78, 5) is 26.6. The molecule has 2 aromatic heterocycles. The molecule has 3 heterocycles. The minimum atomic E-state index is -0.0144. The lowest BCUT2D eigenvalue weighted by molar-refractivity contribution is 0.0789. The van der Waals surface area contributed by atoms with E-state index in [1.807, 2.05) is 32.2 Å². The Kier molecular flexibility index (Phi) is 5.87. The van der Waals surface area contributed by atoms with Gasteiger partial charge in [-0.15, -0.1) is 11.3 Å². The van der Waals surface area contributed by atoms with Gasteiger partial charge in [0.1, 0.15) is 9.88 Å². The molecule has 0 N–H and O–H groups in total. The number of ether oxygens (including phenoxy) is 1. The zero-order valence-corrected chi connectivity index (χ0v) is 17.5. The van der Waals surface area contributed by atoms with Gasteiger partial charge in [0.2, 0.25) is 0 Å². The molecule has 7 heteroatoms. The smallest absolute Gasteiger partial charge is 0.265 e. The largest absolute Gasteiger partial charge is 0.378 e. The number of nitrogens with zero attached hydrogens (tertiary/aromatic N) is 4. The average molecular weight is 409 g/mol. The number of hydrogen-bond acceptors (Lipinski definition) is 6. The summed E-state index contributed by atoms with van der Waals surface area (Å²) in [7, 11) is 1.83. The summed E-state index contributed by atoms with van der Waals surface area (Å²) in [5.41, 5.74) is 3.84. The highest BCUT2D eigenvalue weighted by Crippen LogP contribution is 2.27. The number of aromatic nitrogens is 2. The Hall–Kier alpha value is -2.77. The van der Waals surface area contributed by atoms with Crippen molar-refractivity contribution < 1.29 is 9.53 Å². The second-order valence-electron chi connectivity index (χ2n) is 7.08. The standard InChI is InChI=1S/C22H24N4O2S/c1-16-20(29-21(24-16)19-5-3-4-10-23-19)22(27)25(2)15-17-6-8-18(9-7-17)26-11-13-28-14-12-26/h3-10H,11-15H2,1-2H3. The van der Waals surface area contributed by atoms with E-state index in [9.17, 15) is 4.79 Å². The Morgan fingerprint density at radius 2 is 1.93 bits per heavy atom. The number of amides is 1. The van der Waals surface area contributed by atoms with Gasteiger partial charge in [-0.25, -0.2) is 4.98 Å². The normalized spacial score (nSPS) is 14.1. The molecule has 1 saturated heterocycles. The molecule has 0 saturated carbocycles. The molecule has 0 bridgehead atoms. The highest BCUT2D eigenvalue weighted by Gasteiger charge is 2.20. The quantitative estimate of drug-likeness (QED) is 0.645. The van der Waals surface area contributed by atoms with E-state index in [-0.39, 0.29) is 5.91 Å². The van der Waals surface area contributed by atoms with E-state index in [0.29, 0.717) is 11.4 Å². The molecule has 150 valence electrons. The lowest BCUT2D eigenvalue weighted by atomic mass is 10.1. The number of anilines is 1. The van der Waals surface area contributed by atoms with Crippen LogP contribution in [0.2, 0.25) is 0 Å². The number of hydrogen-bond donors (Lipinski definition) is 0. The molecule has 0 spiro atoms. The van der Waals surface area contributed by atoms with Crippen LogP contribution in [-0.2, 0) is 11.3 Å². The fourth-order valence-electron chi connectivity index (χ4n) is 3.35. The molecule has 1 amide bonds. The molecule has 1 fully saturated rings. The van der Waals surface area contributed by atoms with Crippen molar-refractivity contribution in [2.24, 2.45) is 0 Å². The summed E-state index contributed by atoms with van der Waals surface area (Å²) in [6, 6.07) is 14.1. The third kappa shape index (κ3) is 4.46. The van der Waals surface area contributed by atoms with E-state index < -0.39 is 0 Å². The summed E-state index contributed by atoms with van der Waals surface area (Å²) in [6.45, 7) is 5.81. The SMILES string of the molecule is Cc1nc(-c2ccccn2)sc1C(=O)N(C)Cc1ccc(N2CCOCC2)cc1. The first-order valence-corrected chi connectivity index (χ1v) is 10.5. The lowest BCUT2D eigenvalue weighted by Gasteiger charge is -2.29. The van der Waals surface area contributed by atoms with Crippen LogP contribution in [0.1, 0.15) is 20.9 Å². The Morgan fingerprint density at radius 3 is 2.62 bits per heavy atom. The van der Waals surface area contributed by atoms with Gasteiger partial charge in [-0.05, 0) is 36.8 Å². The molecule has 0 atom stereocenters. The number of pyridine rings is 1. The number of benzene rings is 1. The molecule has 1 aromatic carbocycles. The molecule has 1 aliphatic rings. The maximum Gasteiger partial charge on any atom is 0.265 e. The Balaban J connectivity index is 1.44. The van der Waals surface area contributed by atoms with Gasteiger partial charge >= 0.3 is 0 Å². The predicted octanol–water partition coefficient (Wildman–Crippen LogP) is 3.62. The monoisotopic (exact) mass is 408 g/mol. The van der Waals surface area contributed by atoms with Crippen LogP contribution in [0.25, 0.3) is 10.7 Å². The van der Waals surface area contributed by atoms with E-state index in [4.69, 9.17) is 4.74 Å². The van der Waals surface area contributed by atoms with Crippen LogP contribution in [0.3, 0.4) is 0 Å². The number of aryl methyl sites for hydroxylation is 1. The van der Waals surface area contributed by atoms with Gasteiger partial charge < -0.3 is 14.5 Å². The fraction of sp³-hybridized carbons (Fsp3) is 0.318. The van der Waals surface area contributed by atoms with Crippen LogP contribution in [0.4, 0.5) is 5.69 Å². The van der Waals surface area contributed by atoms with Crippen molar-refractivity contribution >= 4 is 22.9 Å². The van der Waals surface area contributed by atoms with Crippen LogP contribution in [-0.4, -0.2) is 54.1 Å². The van der Waals surface area contributed by atoms with Crippen molar-refractivity contribution in [3.8, 4) is 10.7 Å². The van der Waals surface area contributed by atoms with Crippen molar-refractivity contribution in [2.75, 3.05) is 38.3 Å². The summed E-state index contributed by atoms with van der Waals surface area (Å²) in [5, 5.41) is 0.773.